The largest absolute Gasteiger partial charge is 0.491 e. The summed E-state index contributed by atoms with van der Waals surface area (Å²) in [7, 11) is 0. The Balaban J connectivity index is 1.09. The SMILES string of the molecule is Clc1ccc([C@]2(Cn3ccnc3)OCC[C@@H](COc3ccc4c(c3)CCN(CC=Cc3ccccc3)C4)O2)c(Cl)c1. The highest BCUT2D eigenvalue weighted by atomic mass is 35.5. The highest BCUT2D eigenvalue weighted by Crippen LogP contribution is 2.40. The van der Waals surface area contributed by atoms with Crippen LogP contribution in [0.3, 0.4) is 0 Å². The minimum absolute atomic E-state index is 0.179. The summed E-state index contributed by atoms with van der Waals surface area (Å²) in [5, 5.41) is 1.06. The van der Waals surface area contributed by atoms with E-state index in [9.17, 15) is 0 Å². The molecule has 0 spiro atoms. The Hall–Kier alpha value is -3.13. The lowest BCUT2D eigenvalue weighted by Crippen LogP contribution is -2.47. The molecule has 4 aromatic rings. The van der Waals surface area contributed by atoms with Gasteiger partial charge in [-0.25, -0.2) is 4.98 Å². The third-order valence-corrected chi connectivity index (χ3v) is 8.15. The lowest BCUT2D eigenvalue weighted by Gasteiger charge is -2.41. The Bertz CT molecular complexity index is 1480. The summed E-state index contributed by atoms with van der Waals surface area (Å²) in [6.45, 7) is 4.23. The number of hydrogen-bond donors (Lipinski definition) is 0. The van der Waals surface area contributed by atoms with E-state index >= 15 is 0 Å². The van der Waals surface area contributed by atoms with Gasteiger partial charge in [0, 0.05) is 49.0 Å². The molecule has 6 nitrogen and oxygen atoms in total. The quantitative estimate of drug-likeness (QED) is 0.210. The van der Waals surface area contributed by atoms with Crippen molar-refractivity contribution in [3.05, 3.63) is 124 Å². The van der Waals surface area contributed by atoms with Crippen LogP contribution in [0.15, 0.2) is 91.5 Å². The van der Waals surface area contributed by atoms with Gasteiger partial charge in [-0.15, -0.1) is 0 Å². The minimum Gasteiger partial charge on any atom is -0.491 e. The number of fused-ring (bicyclic) bond motifs is 1. The molecule has 2 aliphatic rings. The lowest BCUT2D eigenvalue weighted by molar-refractivity contribution is -0.312. The van der Waals surface area contributed by atoms with Crippen molar-refractivity contribution in [3.8, 4) is 5.75 Å². The Labute approximate surface area is 251 Å². The number of rotatable bonds is 9. The van der Waals surface area contributed by atoms with E-state index in [4.69, 9.17) is 37.4 Å². The van der Waals surface area contributed by atoms with Gasteiger partial charge in [0.05, 0.1) is 30.6 Å². The zero-order chi connectivity index (χ0) is 28.1. The van der Waals surface area contributed by atoms with Gasteiger partial charge in [0.25, 0.3) is 0 Å². The monoisotopic (exact) mass is 589 g/mol. The van der Waals surface area contributed by atoms with Crippen molar-refractivity contribution in [1.82, 2.24) is 14.5 Å². The van der Waals surface area contributed by atoms with Gasteiger partial charge in [-0.05, 0) is 47.4 Å². The molecule has 0 radical (unpaired) electrons. The fraction of sp³-hybridized carbons (Fsp3) is 0.303. The van der Waals surface area contributed by atoms with E-state index in [0.29, 0.717) is 36.2 Å². The molecule has 0 saturated carbocycles. The maximum atomic E-state index is 6.64. The van der Waals surface area contributed by atoms with E-state index in [2.05, 4.69) is 64.5 Å². The number of nitrogens with zero attached hydrogens (tertiary/aromatic N) is 3. The van der Waals surface area contributed by atoms with Crippen molar-refractivity contribution in [2.24, 2.45) is 0 Å². The summed E-state index contributed by atoms with van der Waals surface area (Å²) in [6.07, 6.45) is 11.3. The number of hydrogen-bond acceptors (Lipinski definition) is 5. The van der Waals surface area contributed by atoms with Crippen molar-refractivity contribution >= 4 is 29.3 Å². The Morgan fingerprint density at radius 1 is 1.05 bits per heavy atom. The Morgan fingerprint density at radius 3 is 2.78 bits per heavy atom. The molecule has 2 atom stereocenters. The second-order valence-electron chi connectivity index (χ2n) is 10.5. The van der Waals surface area contributed by atoms with E-state index in [-0.39, 0.29) is 6.10 Å². The molecule has 2 aliphatic heterocycles. The topological polar surface area (TPSA) is 48.8 Å². The first-order chi connectivity index (χ1) is 20.1. The van der Waals surface area contributed by atoms with Crippen LogP contribution in [-0.2, 0) is 34.8 Å². The summed E-state index contributed by atoms with van der Waals surface area (Å²) in [6, 6.07) is 22.3. The van der Waals surface area contributed by atoms with Gasteiger partial charge < -0.3 is 18.8 Å². The normalized spacial score (nSPS) is 21.2. The van der Waals surface area contributed by atoms with Gasteiger partial charge in [0.15, 0.2) is 0 Å². The van der Waals surface area contributed by atoms with Crippen molar-refractivity contribution < 1.29 is 14.2 Å². The molecule has 212 valence electrons. The molecule has 3 heterocycles. The predicted octanol–water partition coefficient (Wildman–Crippen LogP) is 7.00. The fourth-order valence-corrected chi connectivity index (χ4v) is 6.04. The average molecular weight is 591 g/mol. The molecule has 41 heavy (non-hydrogen) atoms. The molecule has 0 N–H and O–H groups in total. The molecule has 0 amide bonds. The van der Waals surface area contributed by atoms with Crippen LogP contribution in [-0.4, -0.2) is 46.9 Å². The van der Waals surface area contributed by atoms with Crippen molar-refractivity contribution in [2.75, 3.05) is 26.3 Å². The molecule has 8 heteroatoms. The molecular weight excluding hydrogens is 557 g/mol. The van der Waals surface area contributed by atoms with Gasteiger partial charge in [-0.1, -0.05) is 77.8 Å². The molecule has 3 aromatic carbocycles. The zero-order valence-electron chi connectivity index (χ0n) is 22.8. The van der Waals surface area contributed by atoms with Crippen molar-refractivity contribution in [2.45, 2.75) is 37.8 Å². The van der Waals surface area contributed by atoms with Crippen LogP contribution in [0.4, 0.5) is 0 Å². The van der Waals surface area contributed by atoms with Gasteiger partial charge in [-0.2, -0.15) is 0 Å². The molecule has 0 aliphatic carbocycles. The first-order valence-electron chi connectivity index (χ1n) is 14.0. The summed E-state index contributed by atoms with van der Waals surface area (Å²) in [5.74, 6) is -0.218. The van der Waals surface area contributed by atoms with Crippen LogP contribution >= 0.6 is 23.2 Å². The van der Waals surface area contributed by atoms with E-state index in [0.717, 1.165) is 37.4 Å². The Kier molecular flexibility index (Phi) is 8.75. The molecule has 6 rings (SSSR count). The minimum atomic E-state index is -1.08. The van der Waals surface area contributed by atoms with E-state index in [1.165, 1.54) is 16.7 Å². The average Bonchev–Trinajstić information content (AvgIpc) is 3.49. The molecular formula is C33H33Cl2N3O3. The summed E-state index contributed by atoms with van der Waals surface area (Å²) in [5.41, 5.74) is 4.67. The predicted molar refractivity (Wildman–Crippen MR) is 162 cm³/mol. The highest BCUT2D eigenvalue weighted by Gasteiger charge is 2.42. The molecule has 0 bridgehead atoms. The Morgan fingerprint density at radius 2 is 1.95 bits per heavy atom. The van der Waals surface area contributed by atoms with Crippen LogP contribution in [0, 0.1) is 0 Å². The third-order valence-electron chi connectivity index (χ3n) is 7.60. The van der Waals surface area contributed by atoms with Gasteiger partial charge in [0.1, 0.15) is 12.4 Å². The lowest BCUT2D eigenvalue weighted by atomic mass is 9.99. The third kappa shape index (κ3) is 6.85. The van der Waals surface area contributed by atoms with Crippen LogP contribution in [0.25, 0.3) is 6.08 Å². The standard InChI is InChI=1S/C33H33Cl2N3O3/c34-28-9-11-31(32(35)20-28)33(23-38-17-14-36-24-38)40-18-13-30(41-33)22-39-29-10-8-27-21-37(16-12-26(27)19-29)15-4-7-25-5-2-1-3-6-25/h1-11,14,17,19-20,24,30H,12-13,15-16,18,21-23H2/t30-,33+/m0/s1. The number of imidazole rings is 1. The van der Waals surface area contributed by atoms with Crippen LogP contribution in [0.2, 0.25) is 10.0 Å². The number of ether oxygens (including phenoxy) is 3. The molecule has 1 aromatic heterocycles. The van der Waals surface area contributed by atoms with Crippen LogP contribution in [0.5, 0.6) is 5.75 Å². The van der Waals surface area contributed by atoms with Gasteiger partial charge in [0.2, 0.25) is 5.79 Å². The maximum absolute atomic E-state index is 6.64. The van der Waals surface area contributed by atoms with Crippen LogP contribution in [0.1, 0.15) is 28.7 Å². The number of halogens is 2. The summed E-state index contributed by atoms with van der Waals surface area (Å²) >= 11 is 12.8. The van der Waals surface area contributed by atoms with E-state index < -0.39 is 5.79 Å². The second kappa shape index (κ2) is 12.8. The second-order valence-corrected chi connectivity index (χ2v) is 11.4. The van der Waals surface area contributed by atoms with Gasteiger partial charge >= 0.3 is 0 Å². The number of aromatic nitrogens is 2. The van der Waals surface area contributed by atoms with Crippen LogP contribution < -0.4 is 4.74 Å². The van der Waals surface area contributed by atoms with Crippen molar-refractivity contribution in [1.29, 1.82) is 0 Å². The van der Waals surface area contributed by atoms with Crippen molar-refractivity contribution in [3.63, 3.8) is 0 Å². The molecule has 0 unspecified atom stereocenters. The smallest absolute Gasteiger partial charge is 0.215 e. The maximum Gasteiger partial charge on any atom is 0.215 e. The summed E-state index contributed by atoms with van der Waals surface area (Å²) < 4.78 is 21.2. The van der Waals surface area contributed by atoms with Gasteiger partial charge in [-0.3, -0.25) is 4.90 Å². The zero-order valence-corrected chi connectivity index (χ0v) is 24.3. The van der Waals surface area contributed by atoms with E-state index in [1.54, 1.807) is 24.7 Å². The first kappa shape index (κ1) is 28.0. The first-order valence-corrected chi connectivity index (χ1v) is 14.7. The summed E-state index contributed by atoms with van der Waals surface area (Å²) in [4.78, 5) is 6.65. The molecule has 1 saturated heterocycles. The highest BCUT2D eigenvalue weighted by molar-refractivity contribution is 6.35. The molecule has 1 fully saturated rings. The van der Waals surface area contributed by atoms with E-state index in [1.807, 2.05) is 22.9 Å². The number of benzene rings is 3. The fourth-order valence-electron chi connectivity index (χ4n) is 5.49.